The highest BCUT2D eigenvalue weighted by Crippen LogP contribution is 2.35. The average molecular weight is 770 g/mol. The summed E-state index contributed by atoms with van der Waals surface area (Å²) in [6, 6.07) is 60.4. The molecule has 0 N–H and O–H groups in total. The van der Waals surface area contributed by atoms with E-state index < -0.39 is 0 Å². The van der Waals surface area contributed by atoms with Gasteiger partial charge in [0.1, 0.15) is 5.52 Å². The van der Waals surface area contributed by atoms with Crippen LogP contribution in [0.4, 0.5) is 0 Å². The molecule has 7 aromatic carbocycles. The van der Waals surface area contributed by atoms with Gasteiger partial charge in [-0.25, -0.2) is 29.9 Å². The van der Waals surface area contributed by atoms with Crippen LogP contribution in [-0.4, -0.2) is 34.5 Å². The van der Waals surface area contributed by atoms with Crippen molar-refractivity contribution in [1.29, 1.82) is 0 Å². The Morgan fingerprint density at radius 2 is 0.967 bits per heavy atom. The standard InChI is InChI=1S/C52H31N7O/c1-2-12-33(13-3-1)49-56-50(58-51(57-49)38-15-10-16-40(28-38)59-44-19-8-6-17-41(44)42-18-7-9-20-45(42)59)35-24-22-34(23-25-35)48-53-31-46-47(55-48)43-29-39(30-54-52(43)60-46)37-26-21-32-11-4-5-14-36(32)27-37/h1-31H. The van der Waals surface area contributed by atoms with Gasteiger partial charge in [-0.2, -0.15) is 0 Å². The van der Waals surface area contributed by atoms with Crippen molar-refractivity contribution in [3.63, 3.8) is 0 Å². The van der Waals surface area contributed by atoms with Crippen LogP contribution in [0.15, 0.2) is 193 Å². The van der Waals surface area contributed by atoms with E-state index in [1.54, 1.807) is 6.20 Å². The van der Waals surface area contributed by atoms with Crippen LogP contribution in [0.3, 0.4) is 0 Å². The van der Waals surface area contributed by atoms with Crippen molar-refractivity contribution in [3.05, 3.63) is 188 Å². The normalized spacial score (nSPS) is 11.7. The Hall–Kier alpha value is -8.36. The molecule has 0 aliphatic heterocycles. The summed E-state index contributed by atoms with van der Waals surface area (Å²) in [5.74, 6) is 2.33. The molecule has 0 saturated heterocycles. The molecule has 0 spiro atoms. The molecule has 12 rings (SSSR count). The summed E-state index contributed by atoms with van der Waals surface area (Å²) in [4.78, 5) is 29.5. The van der Waals surface area contributed by atoms with E-state index in [1.165, 1.54) is 21.5 Å². The van der Waals surface area contributed by atoms with Gasteiger partial charge in [0.2, 0.25) is 5.71 Å². The van der Waals surface area contributed by atoms with Crippen molar-refractivity contribution in [1.82, 2.24) is 34.5 Å². The number of nitrogens with zero attached hydrogens (tertiary/aromatic N) is 7. The molecule has 0 fully saturated rings. The number of hydrogen-bond donors (Lipinski definition) is 0. The summed E-state index contributed by atoms with van der Waals surface area (Å²) in [5.41, 5.74) is 10.7. The number of para-hydroxylation sites is 2. The molecule has 12 aromatic rings. The fourth-order valence-corrected chi connectivity index (χ4v) is 8.22. The summed E-state index contributed by atoms with van der Waals surface area (Å²) >= 11 is 0. The van der Waals surface area contributed by atoms with Crippen LogP contribution in [0.5, 0.6) is 0 Å². The van der Waals surface area contributed by atoms with Gasteiger partial charge >= 0.3 is 0 Å². The minimum Gasteiger partial charge on any atom is -0.434 e. The largest absolute Gasteiger partial charge is 0.434 e. The number of rotatable bonds is 6. The van der Waals surface area contributed by atoms with Crippen LogP contribution in [0.1, 0.15) is 0 Å². The van der Waals surface area contributed by atoms with Gasteiger partial charge in [-0.05, 0) is 52.7 Å². The molecule has 0 saturated carbocycles. The fourth-order valence-electron chi connectivity index (χ4n) is 8.22. The summed E-state index contributed by atoms with van der Waals surface area (Å²) in [5, 5.41) is 5.63. The zero-order chi connectivity index (χ0) is 39.6. The molecule has 0 unspecified atom stereocenters. The molecule has 60 heavy (non-hydrogen) atoms. The van der Waals surface area contributed by atoms with Crippen molar-refractivity contribution < 1.29 is 4.42 Å². The second-order valence-electron chi connectivity index (χ2n) is 14.8. The van der Waals surface area contributed by atoms with Crippen LogP contribution >= 0.6 is 0 Å². The van der Waals surface area contributed by atoms with Gasteiger partial charge in [0.15, 0.2) is 28.9 Å². The lowest BCUT2D eigenvalue weighted by atomic mass is 10.0. The third-order valence-corrected chi connectivity index (χ3v) is 11.2. The van der Waals surface area contributed by atoms with Crippen LogP contribution in [0.25, 0.3) is 117 Å². The van der Waals surface area contributed by atoms with Crippen molar-refractivity contribution in [2.24, 2.45) is 0 Å². The van der Waals surface area contributed by atoms with E-state index in [0.717, 1.165) is 55.5 Å². The van der Waals surface area contributed by atoms with E-state index in [-0.39, 0.29) is 0 Å². The van der Waals surface area contributed by atoms with Crippen LogP contribution in [0.2, 0.25) is 0 Å². The highest BCUT2D eigenvalue weighted by atomic mass is 16.3. The number of furan rings is 1. The molecule has 0 amide bonds. The lowest BCUT2D eigenvalue weighted by Crippen LogP contribution is -2.01. The lowest BCUT2D eigenvalue weighted by Gasteiger charge is -2.11. The first-order chi connectivity index (χ1) is 29.7. The Morgan fingerprint density at radius 1 is 0.367 bits per heavy atom. The van der Waals surface area contributed by atoms with Crippen LogP contribution < -0.4 is 0 Å². The smallest absolute Gasteiger partial charge is 0.229 e. The van der Waals surface area contributed by atoms with Crippen LogP contribution in [-0.2, 0) is 0 Å². The maximum atomic E-state index is 6.08. The monoisotopic (exact) mass is 769 g/mol. The van der Waals surface area contributed by atoms with E-state index in [0.29, 0.717) is 40.1 Å². The summed E-state index contributed by atoms with van der Waals surface area (Å²) in [7, 11) is 0. The first-order valence-electron chi connectivity index (χ1n) is 19.8. The SMILES string of the molecule is c1ccc(-c2nc(-c3ccc(-c4ncc5oc6ncc(-c7ccc8ccccc8c7)cc6c5n4)cc3)nc(-c3cccc(-n4c5ccccc5c5ccccc54)c3)n2)cc1. The fraction of sp³-hybridized carbons (Fsp3) is 0. The summed E-state index contributed by atoms with van der Waals surface area (Å²) in [6.07, 6.45) is 3.57. The quantitative estimate of drug-likeness (QED) is 0.166. The third kappa shape index (κ3) is 5.69. The van der Waals surface area contributed by atoms with Gasteiger partial charge in [-0.3, -0.25) is 0 Å². The Kier molecular flexibility index (Phi) is 7.67. The van der Waals surface area contributed by atoms with E-state index in [9.17, 15) is 0 Å². The first kappa shape index (κ1) is 33.7. The van der Waals surface area contributed by atoms with E-state index >= 15 is 0 Å². The molecular formula is C52H31N7O. The molecule has 5 aromatic heterocycles. The maximum absolute atomic E-state index is 6.08. The van der Waals surface area contributed by atoms with Crippen molar-refractivity contribution in [2.75, 3.05) is 0 Å². The maximum Gasteiger partial charge on any atom is 0.229 e. The lowest BCUT2D eigenvalue weighted by molar-refractivity contribution is 0.651. The predicted octanol–water partition coefficient (Wildman–Crippen LogP) is 12.5. The van der Waals surface area contributed by atoms with Gasteiger partial charge in [0, 0.05) is 50.5 Å². The van der Waals surface area contributed by atoms with Crippen molar-refractivity contribution in [2.45, 2.75) is 0 Å². The van der Waals surface area contributed by atoms with Gasteiger partial charge in [-0.15, -0.1) is 0 Å². The molecule has 0 aliphatic rings. The highest BCUT2D eigenvalue weighted by molar-refractivity contribution is 6.09. The van der Waals surface area contributed by atoms with E-state index in [4.69, 9.17) is 24.4 Å². The molecular weight excluding hydrogens is 739 g/mol. The predicted molar refractivity (Wildman–Crippen MR) is 240 cm³/mol. The number of pyridine rings is 1. The second-order valence-corrected chi connectivity index (χ2v) is 14.8. The zero-order valence-corrected chi connectivity index (χ0v) is 31.9. The molecule has 0 bridgehead atoms. The molecule has 5 heterocycles. The summed E-state index contributed by atoms with van der Waals surface area (Å²) in [6.45, 7) is 0. The van der Waals surface area contributed by atoms with E-state index in [1.807, 2.05) is 60.8 Å². The Morgan fingerprint density at radius 3 is 1.72 bits per heavy atom. The van der Waals surface area contributed by atoms with Crippen molar-refractivity contribution in [3.8, 4) is 62.4 Å². The van der Waals surface area contributed by atoms with E-state index in [2.05, 4.69) is 136 Å². The van der Waals surface area contributed by atoms with Gasteiger partial charge in [0.05, 0.1) is 22.6 Å². The molecule has 8 heteroatoms. The number of hydrogen-bond acceptors (Lipinski definition) is 7. The Bertz CT molecular complexity index is 3560. The molecule has 0 atom stereocenters. The van der Waals surface area contributed by atoms with Gasteiger partial charge < -0.3 is 8.98 Å². The topological polar surface area (TPSA) is 95.4 Å². The minimum absolute atomic E-state index is 0.525. The van der Waals surface area contributed by atoms with Crippen LogP contribution in [0, 0.1) is 0 Å². The third-order valence-electron chi connectivity index (χ3n) is 11.2. The molecule has 8 nitrogen and oxygen atoms in total. The summed E-state index contributed by atoms with van der Waals surface area (Å²) < 4.78 is 8.39. The molecule has 0 radical (unpaired) electrons. The number of aromatic nitrogens is 7. The van der Waals surface area contributed by atoms with Gasteiger partial charge in [-0.1, -0.05) is 140 Å². The minimum atomic E-state index is 0.525. The molecule has 0 aliphatic carbocycles. The number of fused-ring (bicyclic) bond motifs is 7. The first-order valence-corrected chi connectivity index (χ1v) is 19.8. The molecule has 280 valence electrons. The zero-order valence-electron chi connectivity index (χ0n) is 31.9. The second kappa shape index (κ2) is 13.6. The Labute approximate surface area is 343 Å². The highest BCUT2D eigenvalue weighted by Gasteiger charge is 2.17. The van der Waals surface area contributed by atoms with Gasteiger partial charge in [0.25, 0.3) is 0 Å². The Balaban J connectivity index is 0.921. The average Bonchev–Trinajstić information content (AvgIpc) is 3.87. The number of benzene rings is 7. The van der Waals surface area contributed by atoms with Crippen molar-refractivity contribution >= 4 is 54.8 Å².